The molecule has 0 saturated heterocycles. The lowest BCUT2D eigenvalue weighted by molar-refractivity contribution is 0.0986. The topological polar surface area (TPSA) is 57.3 Å². The van der Waals surface area contributed by atoms with Gasteiger partial charge in [0.05, 0.1) is 27.2 Å². The van der Waals surface area contributed by atoms with Crippen LogP contribution in [0.1, 0.15) is 40.9 Å². The van der Waals surface area contributed by atoms with Gasteiger partial charge in [-0.25, -0.2) is 4.98 Å². The van der Waals surface area contributed by atoms with Gasteiger partial charge in [-0.05, 0) is 53.9 Å². The number of amides is 1. The smallest absolute Gasteiger partial charge is 0.261 e. The minimum Gasteiger partial charge on any atom is -0.340 e. The molecule has 0 bridgehead atoms. The minimum absolute atomic E-state index is 0.111. The van der Waals surface area contributed by atoms with Gasteiger partial charge in [0, 0.05) is 24.2 Å². The summed E-state index contributed by atoms with van der Waals surface area (Å²) in [7, 11) is 0. The van der Waals surface area contributed by atoms with Gasteiger partial charge in [-0.1, -0.05) is 60.9 Å². The van der Waals surface area contributed by atoms with Gasteiger partial charge in [0.15, 0.2) is 0 Å². The van der Waals surface area contributed by atoms with Crippen LogP contribution in [-0.4, -0.2) is 23.3 Å². The molecule has 1 aromatic heterocycles. The highest BCUT2D eigenvalue weighted by Crippen LogP contribution is 2.40. The maximum atomic E-state index is 13.3. The van der Waals surface area contributed by atoms with Crippen LogP contribution in [0.2, 0.25) is 10.0 Å². The molecule has 33 heavy (non-hydrogen) atoms. The molecule has 0 radical (unpaired) electrons. The lowest BCUT2D eigenvalue weighted by Gasteiger charge is -2.33. The Balaban J connectivity index is 1.44. The lowest BCUT2D eigenvalue weighted by atomic mass is 9.79. The second-order valence-corrected chi connectivity index (χ2v) is 10.8. The number of thioether (sulfide) groups is 1. The van der Waals surface area contributed by atoms with Crippen molar-refractivity contribution >= 4 is 58.1 Å². The molecule has 5 nitrogen and oxygen atoms in total. The molecule has 0 aliphatic carbocycles. The summed E-state index contributed by atoms with van der Waals surface area (Å²) < 4.78 is 0. The zero-order valence-electron chi connectivity index (χ0n) is 18.6. The molecule has 8 heteroatoms. The van der Waals surface area contributed by atoms with E-state index < -0.39 is 0 Å². The van der Waals surface area contributed by atoms with E-state index in [0.717, 1.165) is 30.2 Å². The first kappa shape index (κ1) is 22.5. The quantitative estimate of drug-likeness (QED) is 0.429. The van der Waals surface area contributed by atoms with E-state index in [4.69, 9.17) is 28.2 Å². The number of aromatic nitrogens is 1. The van der Waals surface area contributed by atoms with Gasteiger partial charge in [-0.2, -0.15) is 0 Å². The number of para-hydroxylation sites is 1. The van der Waals surface area contributed by atoms with Crippen molar-refractivity contribution in [1.82, 2.24) is 10.3 Å². The van der Waals surface area contributed by atoms with Crippen molar-refractivity contribution in [2.24, 2.45) is 0 Å². The summed E-state index contributed by atoms with van der Waals surface area (Å²) in [5, 5.41) is 8.56. The Bertz CT molecular complexity index is 1260. The fourth-order valence-corrected chi connectivity index (χ4v) is 6.01. The summed E-state index contributed by atoms with van der Waals surface area (Å²) in [5.41, 5.74) is 5.76. The molecule has 0 fully saturated rings. The van der Waals surface area contributed by atoms with Gasteiger partial charge < -0.3 is 10.6 Å². The second kappa shape index (κ2) is 8.51. The highest BCUT2D eigenvalue weighted by Gasteiger charge is 2.31. The average molecular weight is 499 g/mol. The third-order valence-corrected chi connectivity index (χ3v) is 7.75. The number of pyridine rings is 1. The number of anilines is 3. The van der Waals surface area contributed by atoms with Crippen molar-refractivity contribution in [3.8, 4) is 0 Å². The Kier molecular flexibility index (Phi) is 5.81. The molecule has 3 heterocycles. The Morgan fingerprint density at radius 1 is 1.15 bits per heavy atom. The number of hydrogen-bond donors (Lipinski definition) is 2. The van der Waals surface area contributed by atoms with E-state index in [2.05, 4.69) is 42.7 Å². The average Bonchev–Trinajstić information content (AvgIpc) is 2.76. The SMILES string of the molecule is Cc1cc2c(nc1Nc1ccc3c(c1)CNCC3(C)C)SCN(c1c(Cl)cccc1Cl)C2=O. The molecular weight excluding hydrogens is 475 g/mol. The molecule has 0 unspecified atom stereocenters. The Morgan fingerprint density at radius 2 is 1.91 bits per heavy atom. The molecule has 2 aliphatic rings. The van der Waals surface area contributed by atoms with Crippen LogP contribution in [0.25, 0.3) is 0 Å². The van der Waals surface area contributed by atoms with Crippen LogP contribution in [-0.2, 0) is 12.0 Å². The summed E-state index contributed by atoms with van der Waals surface area (Å²) in [5.74, 6) is 0.994. The van der Waals surface area contributed by atoms with Gasteiger partial charge in [0.2, 0.25) is 0 Å². The summed E-state index contributed by atoms with van der Waals surface area (Å²) in [4.78, 5) is 19.7. The van der Waals surface area contributed by atoms with E-state index in [0.29, 0.717) is 32.2 Å². The highest BCUT2D eigenvalue weighted by atomic mass is 35.5. The Morgan fingerprint density at radius 3 is 2.67 bits per heavy atom. The van der Waals surface area contributed by atoms with Crippen molar-refractivity contribution in [1.29, 1.82) is 0 Å². The lowest BCUT2D eigenvalue weighted by Crippen LogP contribution is -2.38. The van der Waals surface area contributed by atoms with E-state index in [1.165, 1.54) is 22.9 Å². The first-order chi connectivity index (χ1) is 15.7. The molecule has 3 aromatic rings. The second-order valence-electron chi connectivity index (χ2n) is 9.07. The van der Waals surface area contributed by atoms with Crippen LogP contribution >= 0.6 is 35.0 Å². The molecule has 2 aromatic carbocycles. The molecule has 5 rings (SSSR count). The molecule has 0 spiro atoms. The number of nitrogens with one attached hydrogen (secondary N) is 2. The number of nitrogens with zero attached hydrogens (tertiary/aromatic N) is 2. The first-order valence-corrected chi connectivity index (χ1v) is 12.5. The number of fused-ring (bicyclic) bond motifs is 2. The predicted octanol–water partition coefficient (Wildman–Crippen LogP) is 6.53. The van der Waals surface area contributed by atoms with Crippen LogP contribution in [0.5, 0.6) is 0 Å². The van der Waals surface area contributed by atoms with E-state index >= 15 is 0 Å². The molecule has 1 amide bonds. The van der Waals surface area contributed by atoms with Crippen molar-refractivity contribution in [3.05, 3.63) is 74.8 Å². The number of hydrogen-bond acceptors (Lipinski definition) is 5. The van der Waals surface area contributed by atoms with Crippen LogP contribution in [0.3, 0.4) is 0 Å². The number of carbonyl (C=O) groups is 1. The molecule has 0 atom stereocenters. The van der Waals surface area contributed by atoms with Crippen LogP contribution in [0, 0.1) is 6.92 Å². The van der Waals surface area contributed by atoms with Crippen molar-refractivity contribution in [2.45, 2.75) is 37.8 Å². The fourth-order valence-electron chi connectivity index (χ4n) is 4.45. The maximum absolute atomic E-state index is 13.3. The Hall–Kier alpha value is -2.25. The molecule has 2 N–H and O–H groups in total. The third kappa shape index (κ3) is 4.10. The fraction of sp³-hybridized carbons (Fsp3) is 0.280. The van der Waals surface area contributed by atoms with E-state index in [1.54, 1.807) is 23.1 Å². The molecule has 2 aliphatic heterocycles. The molecule has 170 valence electrons. The summed E-state index contributed by atoms with van der Waals surface area (Å²) in [6.07, 6.45) is 0. The predicted molar refractivity (Wildman–Crippen MR) is 137 cm³/mol. The maximum Gasteiger partial charge on any atom is 0.261 e. The highest BCUT2D eigenvalue weighted by molar-refractivity contribution is 7.99. The summed E-state index contributed by atoms with van der Waals surface area (Å²) in [6.45, 7) is 8.30. The Labute approximate surface area is 207 Å². The zero-order valence-corrected chi connectivity index (χ0v) is 21.0. The number of rotatable bonds is 3. The van der Waals surface area contributed by atoms with Crippen LogP contribution in [0.15, 0.2) is 47.5 Å². The zero-order chi connectivity index (χ0) is 23.3. The van der Waals surface area contributed by atoms with Crippen molar-refractivity contribution in [3.63, 3.8) is 0 Å². The molecular formula is C25H24Cl2N4OS. The summed E-state index contributed by atoms with van der Waals surface area (Å²) in [6, 6.07) is 13.6. The van der Waals surface area contributed by atoms with Crippen molar-refractivity contribution < 1.29 is 4.79 Å². The standard InChI is InChI=1S/C25H24Cl2N4OS/c1-14-9-17-23(33-13-31(24(17)32)21-19(26)5-4-6-20(21)27)30-22(14)29-16-7-8-18-15(10-16)11-28-12-25(18,2)3/h4-10,28H,11-13H2,1-3H3,(H,29,30). The van der Waals surface area contributed by atoms with E-state index in [1.807, 2.05) is 13.0 Å². The number of aryl methyl sites for hydroxylation is 1. The first-order valence-electron chi connectivity index (χ1n) is 10.8. The largest absolute Gasteiger partial charge is 0.340 e. The number of halogens is 2. The van der Waals surface area contributed by atoms with Crippen molar-refractivity contribution in [2.75, 3.05) is 22.6 Å². The van der Waals surface area contributed by atoms with Gasteiger partial charge in [0.1, 0.15) is 10.8 Å². The molecule has 0 saturated carbocycles. The van der Waals surface area contributed by atoms with E-state index in [-0.39, 0.29) is 11.3 Å². The third-order valence-electron chi connectivity index (χ3n) is 6.17. The van der Waals surface area contributed by atoms with Gasteiger partial charge in [0.25, 0.3) is 5.91 Å². The van der Waals surface area contributed by atoms with Gasteiger partial charge in [-0.3, -0.25) is 9.69 Å². The number of benzene rings is 2. The van der Waals surface area contributed by atoms with Crippen LogP contribution in [0.4, 0.5) is 17.2 Å². The van der Waals surface area contributed by atoms with Gasteiger partial charge in [-0.15, -0.1) is 0 Å². The summed E-state index contributed by atoms with van der Waals surface area (Å²) >= 11 is 14.2. The minimum atomic E-state index is -0.150. The van der Waals surface area contributed by atoms with Gasteiger partial charge >= 0.3 is 0 Å². The van der Waals surface area contributed by atoms with Crippen LogP contribution < -0.4 is 15.5 Å². The monoisotopic (exact) mass is 498 g/mol. The number of carbonyl (C=O) groups excluding carboxylic acids is 1. The van der Waals surface area contributed by atoms with E-state index in [9.17, 15) is 4.79 Å². The normalized spacial score (nSPS) is 16.9.